The highest BCUT2D eigenvalue weighted by molar-refractivity contribution is 5.90. The van der Waals surface area contributed by atoms with E-state index in [2.05, 4.69) is 0 Å². The molecule has 1 unspecified atom stereocenters. The van der Waals surface area contributed by atoms with Crippen LogP contribution < -0.4 is 0 Å². The second-order valence-electron chi connectivity index (χ2n) is 3.47. The van der Waals surface area contributed by atoms with Gasteiger partial charge >= 0.3 is 5.97 Å². The van der Waals surface area contributed by atoms with Crippen molar-refractivity contribution in [2.75, 3.05) is 13.2 Å². The fourth-order valence-corrected chi connectivity index (χ4v) is 1.62. The molecule has 84 valence electrons. The van der Waals surface area contributed by atoms with Gasteiger partial charge in [-0.2, -0.15) is 0 Å². The maximum absolute atomic E-state index is 11.7. The normalized spacial score (nSPS) is 20.3. The van der Waals surface area contributed by atoms with Crippen LogP contribution in [0.3, 0.4) is 0 Å². The minimum absolute atomic E-state index is 0.176. The van der Waals surface area contributed by atoms with Crippen LogP contribution in [0.2, 0.25) is 0 Å². The van der Waals surface area contributed by atoms with Crippen molar-refractivity contribution in [3.63, 3.8) is 0 Å². The Labute approximate surface area is 90.8 Å². The second-order valence-corrected chi connectivity index (χ2v) is 3.47. The Bertz CT molecular complexity index is 289. The maximum atomic E-state index is 11.7. The van der Waals surface area contributed by atoms with Gasteiger partial charge in [-0.1, -0.05) is 13.0 Å². The van der Waals surface area contributed by atoms with Crippen molar-refractivity contribution in [3.05, 3.63) is 23.5 Å². The molecular formula is C12H18O3. The largest absolute Gasteiger partial charge is 0.493 e. The lowest BCUT2D eigenvalue weighted by atomic mass is 9.92. The van der Waals surface area contributed by atoms with Crippen LogP contribution in [0.15, 0.2) is 23.5 Å². The zero-order chi connectivity index (χ0) is 11.3. The zero-order valence-corrected chi connectivity index (χ0v) is 9.58. The monoisotopic (exact) mass is 210 g/mol. The van der Waals surface area contributed by atoms with Gasteiger partial charge in [0, 0.05) is 0 Å². The Kier molecular flexibility index (Phi) is 4.40. The van der Waals surface area contributed by atoms with Gasteiger partial charge in [-0.3, -0.25) is 0 Å². The summed E-state index contributed by atoms with van der Waals surface area (Å²) in [6, 6.07) is 0. The molecule has 0 radical (unpaired) electrons. The number of carbonyl (C=O) groups is 1. The smallest absolute Gasteiger partial charge is 0.338 e. The maximum Gasteiger partial charge on any atom is 0.338 e. The molecule has 0 bridgehead atoms. The Hall–Kier alpha value is -1.25. The molecule has 0 spiro atoms. The first-order chi connectivity index (χ1) is 7.20. The quantitative estimate of drug-likeness (QED) is 0.668. The van der Waals surface area contributed by atoms with E-state index in [9.17, 15) is 4.79 Å². The number of hydrogen-bond donors (Lipinski definition) is 0. The van der Waals surface area contributed by atoms with E-state index in [4.69, 9.17) is 9.47 Å². The van der Waals surface area contributed by atoms with Crippen molar-refractivity contribution >= 4 is 5.97 Å². The first-order valence-corrected chi connectivity index (χ1v) is 5.41. The molecule has 1 rings (SSSR count). The van der Waals surface area contributed by atoms with Crippen LogP contribution in [0.5, 0.6) is 0 Å². The Morgan fingerprint density at radius 1 is 1.47 bits per heavy atom. The third kappa shape index (κ3) is 2.85. The molecule has 0 saturated carbocycles. The number of hydrogen-bond acceptors (Lipinski definition) is 3. The molecule has 1 aliphatic carbocycles. The van der Waals surface area contributed by atoms with E-state index < -0.39 is 0 Å². The highest BCUT2D eigenvalue weighted by Crippen LogP contribution is 2.26. The van der Waals surface area contributed by atoms with Gasteiger partial charge < -0.3 is 9.47 Å². The molecule has 0 aromatic carbocycles. The molecule has 15 heavy (non-hydrogen) atoms. The summed E-state index contributed by atoms with van der Waals surface area (Å²) in [6.45, 7) is 6.69. The van der Waals surface area contributed by atoms with E-state index in [-0.39, 0.29) is 11.9 Å². The predicted octanol–water partition coefficient (Wildman–Crippen LogP) is 2.44. The lowest BCUT2D eigenvalue weighted by Gasteiger charge is -2.20. The number of carbonyl (C=O) groups excluding carboxylic acids is 1. The average molecular weight is 210 g/mol. The van der Waals surface area contributed by atoms with Crippen LogP contribution in [-0.4, -0.2) is 19.2 Å². The number of esters is 1. The summed E-state index contributed by atoms with van der Waals surface area (Å²) in [6.07, 6.45) is 4.75. The van der Waals surface area contributed by atoms with Crippen molar-refractivity contribution in [2.45, 2.75) is 27.2 Å². The zero-order valence-electron chi connectivity index (χ0n) is 9.58. The Morgan fingerprint density at radius 3 is 2.80 bits per heavy atom. The molecule has 0 amide bonds. The van der Waals surface area contributed by atoms with E-state index in [1.54, 1.807) is 0 Å². The van der Waals surface area contributed by atoms with Gasteiger partial charge in [-0.15, -0.1) is 0 Å². The van der Waals surface area contributed by atoms with E-state index in [0.717, 1.165) is 6.42 Å². The summed E-state index contributed by atoms with van der Waals surface area (Å²) in [7, 11) is 0. The Balaban J connectivity index is 2.91. The molecule has 0 heterocycles. The Morgan fingerprint density at radius 2 is 2.20 bits per heavy atom. The van der Waals surface area contributed by atoms with Gasteiger partial charge in [0.25, 0.3) is 0 Å². The molecule has 3 heteroatoms. The van der Waals surface area contributed by atoms with Crippen molar-refractivity contribution < 1.29 is 14.3 Å². The van der Waals surface area contributed by atoms with Gasteiger partial charge in [0.1, 0.15) is 5.76 Å². The standard InChI is InChI=1S/C12H18O3/c1-4-14-10-8-6-7-9(3)11(10)12(13)15-5-2/h6,8-9H,4-5,7H2,1-3H3. The summed E-state index contributed by atoms with van der Waals surface area (Å²) >= 11 is 0. The molecule has 1 aliphatic rings. The predicted molar refractivity (Wildman–Crippen MR) is 58.2 cm³/mol. The van der Waals surface area contributed by atoms with Crippen molar-refractivity contribution in [3.8, 4) is 0 Å². The summed E-state index contributed by atoms with van der Waals surface area (Å²) in [5.74, 6) is 0.586. The number of rotatable bonds is 4. The lowest BCUT2D eigenvalue weighted by molar-refractivity contribution is -0.139. The van der Waals surface area contributed by atoms with Gasteiger partial charge in [0.15, 0.2) is 0 Å². The molecule has 0 fully saturated rings. The van der Waals surface area contributed by atoms with Crippen molar-refractivity contribution in [2.24, 2.45) is 5.92 Å². The van der Waals surface area contributed by atoms with E-state index >= 15 is 0 Å². The van der Waals surface area contributed by atoms with Crippen LogP contribution in [-0.2, 0) is 14.3 Å². The summed E-state index contributed by atoms with van der Waals surface area (Å²) < 4.78 is 10.4. The molecule has 0 aromatic rings. The molecule has 3 nitrogen and oxygen atoms in total. The number of allylic oxidation sites excluding steroid dienone is 2. The minimum Gasteiger partial charge on any atom is -0.493 e. The van der Waals surface area contributed by atoms with Crippen molar-refractivity contribution in [1.29, 1.82) is 0 Å². The fraction of sp³-hybridized carbons (Fsp3) is 0.583. The third-order valence-corrected chi connectivity index (χ3v) is 2.31. The third-order valence-electron chi connectivity index (χ3n) is 2.31. The van der Waals surface area contributed by atoms with Crippen LogP contribution in [0.25, 0.3) is 0 Å². The van der Waals surface area contributed by atoms with Gasteiger partial charge in [0.05, 0.1) is 18.8 Å². The number of ether oxygens (including phenoxy) is 2. The van der Waals surface area contributed by atoms with Gasteiger partial charge in [-0.05, 0) is 32.3 Å². The first kappa shape index (κ1) is 11.8. The van der Waals surface area contributed by atoms with E-state index in [1.165, 1.54) is 0 Å². The molecule has 0 N–H and O–H groups in total. The van der Waals surface area contributed by atoms with E-state index in [0.29, 0.717) is 24.5 Å². The second kappa shape index (κ2) is 5.59. The SMILES string of the molecule is CCOC(=O)C1=C(OCC)C=CCC1C. The topological polar surface area (TPSA) is 35.5 Å². The highest BCUT2D eigenvalue weighted by atomic mass is 16.5. The first-order valence-electron chi connectivity index (χ1n) is 5.41. The summed E-state index contributed by atoms with van der Waals surface area (Å²) in [5, 5.41) is 0. The minimum atomic E-state index is -0.252. The van der Waals surface area contributed by atoms with E-state index in [1.807, 2.05) is 32.9 Å². The molecule has 0 saturated heterocycles. The van der Waals surface area contributed by atoms with Gasteiger partial charge in [0.2, 0.25) is 0 Å². The van der Waals surface area contributed by atoms with Crippen LogP contribution >= 0.6 is 0 Å². The summed E-state index contributed by atoms with van der Waals surface area (Å²) in [4.78, 5) is 11.7. The highest BCUT2D eigenvalue weighted by Gasteiger charge is 2.24. The van der Waals surface area contributed by atoms with Crippen molar-refractivity contribution in [1.82, 2.24) is 0 Å². The molecule has 1 atom stereocenters. The van der Waals surface area contributed by atoms with Crippen LogP contribution in [0.4, 0.5) is 0 Å². The molecule has 0 aliphatic heterocycles. The molecule has 0 aromatic heterocycles. The fourth-order valence-electron chi connectivity index (χ4n) is 1.62. The molecular weight excluding hydrogens is 192 g/mol. The average Bonchev–Trinajstić information content (AvgIpc) is 2.18. The summed E-state index contributed by atoms with van der Waals surface area (Å²) in [5.41, 5.74) is 0.668. The lowest BCUT2D eigenvalue weighted by Crippen LogP contribution is -2.18. The van der Waals surface area contributed by atoms with Gasteiger partial charge in [-0.25, -0.2) is 4.79 Å². The van der Waals surface area contributed by atoms with Crippen LogP contribution in [0, 0.1) is 5.92 Å². The van der Waals surface area contributed by atoms with Crippen LogP contribution in [0.1, 0.15) is 27.2 Å².